The summed E-state index contributed by atoms with van der Waals surface area (Å²) in [5, 5.41) is 8.90. The molecule has 0 saturated carbocycles. The Balaban J connectivity index is 3.41. The first-order chi connectivity index (χ1) is 6.34. The zero-order valence-electron chi connectivity index (χ0n) is 7.32. The Morgan fingerprint density at radius 2 is 1.93 bits per heavy atom. The highest BCUT2D eigenvalue weighted by molar-refractivity contribution is 5.47. The van der Waals surface area contributed by atoms with Gasteiger partial charge in [-0.1, -0.05) is 12.7 Å². The van der Waals surface area contributed by atoms with Gasteiger partial charge in [0.05, 0.1) is 0 Å². The van der Waals surface area contributed by atoms with Gasteiger partial charge in [0.2, 0.25) is 0 Å². The monoisotopic (exact) mass is 208 g/mol. The van der Waals surface area contributed by atoms with Crippen LogP contribution < -0.4 is 0 Å². The molecule has 1 aliphatic rings. The average molecular weight is 208 g/mol. The van der Waals surface area contributed by atoms with Gasteiger partial charge in [-0.3, -0.25) is 0 Å². The first-order valence-electron chi connectivity index (χ1n) is 3.79. The van der Waals surface area contributed by atoms with E-state index >= 15 is 0 Å². The number of aliphatic hydroxyl groups is 1. The van der Waals surface area contributed by atoms with E-state index in [2.05, 4.69) is 6.58 Å². The molecule has 0 aromatic rings. The van der Waals surface area contributed by atoms with Gasteiger partial charge in [0.15, 0.2) is 23.1 Å². The third-order valence-corrected chi connectivity index (χ3v) is 2.07. The zero-order valence-corrected chi connectivity index (χ0v) is 7.32. The minimum absolute atomic E-state index is 0.628. The van der Waals surface area contributed by atoms with Gasteiger partial charge in [-0.25, -0.2) is 17.6 Å². The molecule has 5 heteroatoms. The quantitative estimate of drug-likeness (QED) is 0.657. The summed E-state index contributed by atoms with van der Waals surface area (Å²) in [5.41, 5.74) is -3.85. The molecule has 0 fully saturated rings. The molecule has 0 aliphatic heterocycles. The van der Waals surface area contributed by atoms with Crippen LogP contribution in [0.3, 0.4) is 0 Å². The van der Waals surface area contributed by atoms with Gasteiger partial charge in [0.25, 0.3) is 0 Å². The molecule has 0 radical (unpaired) electrons. The number of alkyl halides is 1. The molecule has 1 nitrogen and oxygen atoms in total. The third kappa shape index (κ3) is 1.28. The summed E-state index contributed by atoms with van der Waals surface area (Å²) in [5.74, 6) is -4.88. The number of rotatable bonds is 1. The van der Waals surface area contributed by atoms with Crippen molar-refractivity contribution >= 4 is 0 Å². The maximum Gasteiger partial charge on any atom is 0.192 e. The lowest BCUT2D eigenvalue weighted by molar-refractivity contribution is 0.0184. The predicted octanol–water partition coefficient (Wildman–Crippen LogP) is 2.65. The molecular formula is C9H8F4O. The first-order valence-corrected chi connectivity index (χ1v) is 3.79. The summed E-state index contributed by atoms with van der Waals surface area (Å²) in [6.45, 7) is 3.65. The van der Waals surface area contributed by atoms with E-state index in [0.29, 0.717) is 13.0 Å². The Labute approximate surface area is 78.0 Å². The van der Waals surface area contributed by atoms with Crippen molar-refractivity contribution in [1.82, 2.24) is 0 Å². The van der Waals surface area contributed by atoms with Crippen LogP contribution >= 0.6 is 0 Å². The summed E-state index contributed by atoms with van der Waals surface area (Å²) < 4.78 is 52.2. The smallest absolute Gasteiger partial charge is 0.192 e. The molecule has 2 atom stereocenters. The van der Waals surface area contributed by atoms with E-state index in [-0.39, 0.29) is 0 Å². The Morgan fingerprint density at radius 1 is 1.43 bits per heavy atom. The Bertz CT molecular complexity index is 341. The molecule has 0 amide bonds. The van der Waals surface area contributed by atoms with Gasteiger partial charge >= 0.3 is 0 Å². The topological polar surface area (TPSA) is 20.2 Å². The highest BCUT2D eigenvalue weighted by Gasteiger charge is 2.47. The zero-order chi connectivity index (χ0) is 11.1. The number of allylic oxidation sites excluding steroid dienone is 3. The van der Waals surface area contributed by atoms with Crippen LogP contribution in [0.1, 0.15) is 6.92 Å². The molecule has 0 heterocycles. The lowest BCUT2D eigenvalue weighted by atomic mass is 9.89. The fraction of sp³-hybridized carbons (Fsp3) is 0.333. The minimum Gasteiger partial charge on any atom is -0.382 e. The molecule has 1 aliphatic carbocycles. The largest absolute Gasteiger partial charge is 0.382 e. The summed E-state index contributed by atoms with van der Waals surface area (Å²) in [6.07, 6.45) is -1.79. The van der Waals surface area contributed by atoms with E-state index in [9.17, 15) is 17.6 Å². The molecule has 0 saturated heterocycles. The fourth-order valence-corrected chi connectivity index (χ4v) is 1.15. The summed E-state index contributed by atoms with van der Waals surface area (Å²) in [4.78, 5) is 0. The van der Waals surface area contributed by atoms with Crippen LogP contribution in [-0.2, 0) is 0 Å². The number of halogens is 4. The van der Waals surface area contributed by atoms with Crippen LogP contribution in [-0.4, -0.2) is 16.9 Å². The van der Waals surface area contributed by atoms with Crippen LogP contribution in [0, 0.1) is 0 Å². The van der Waals surface area contributed by atoms with Crippen LogP contribution in [0.2, 0.25) is 0 Å². The van der Waals surface area contributed by atoms with E-state index in [1.54, 1.807) is 0 Å². The van der Waals surface area contributed by atoms with Crippen molar-refractivity contribution in [2.75, 3.05) is 0 Å². The van der Waals surface area contributed by atoms with Gasteiger partial charge in [-0.2, -0.15) is 0 Å². The van der Waals surface area contributed by atoms with Crippen molar-refractivity contribution < 1.29 is 22.7 Å². The van der Waals surface area contributed by atoms with Crippen LogP contribution in [0.15, 0.2) is 35.7 Å². The molecule has 0 spiro atoms. The fourth-order valence-electron chi connectivity index (χ4n) is 1.15. The summed E-state index contributed by atoms with van der Waals surface area (Å²) in [7, 11) is 0. The van der Waals surface area contributed by atoms with Crippen LogP contribution in [0.4, 0.5) is 17.6 Å². The number of aliphatic hydroxyl groups excluding tert-OH is 1. The van der Waals surface area contributed by atoms with E-state index in [4.69, 9.17) is 5.11 Å². The second kappa shape index (κ2) is 3.24. The van der Waals surface area contributed by atoms with Crippen molar-refractivity contribution in [1.29, 1.82) is 0 Å². The molecule has 14 heavy (non-hydrogen) atoms. The van der Waals surface area contributed by atoms with Gasteiger partial charge in [0.1, 0.15) is 6.10 Å². The summed E-state index contributed by atoms with van der Waals surface area (Å²) >= 11 is 0. The second-order valence-corrected chi connectivity index (χ2v) is 3.07. The standard InChI is InChI=1S/C9H8F4O/c1-3-4-5(10)6(11)8(14)9(2,13)7(4)12/h3,8,14H,1H2,2H3. The van der Waals surface area contributed by atoms with Crippen LogP contribution in [0.5, 0.6) is 0 Å². The lowest BCUT2D eigenvalue weighted by Gasteiger charge is -2.28. The van der Waals surface area contributed by atoms with Gasteiger partial charge in [-0.15, -0.1) is 0 Å². The molecule has 0 aromatic carbocycles. The average Bonchev–Trinajstić information content (AvgIpc) is 2.14. The van der Waals surface area contributed by atoms with Gasteiger partial charge in [-0.05, 0) is 6.92 Å². The molecule has 0 aromatic heterocycles. The minimum atomic E-state index is -2.96. The van der Waals surface area contributed by atoms with Gasteiger partial charge < -0.3 is 5.11 Å². The lowest BCUT2D eigenvalue weighted by Crippen LogP contribution is -2.39. The van der Waals surface area contributed by atoms with E-state index in [1.165, 1.54) is 0 Å². The molecule has 78 valence electrons. The molecule has 1 rings (SSSR count). The molecule has 2 unspecified atom stereocenters. The molecule has 1 N–H and O–H groups in total. The highest BCUT2D eigenvalue weighted by atomic mass is 19.2. The van der Waals surface area contributed by atoms with Crippen molar-refractivity contribution in [3.8, 4) is 0 Å². The van der Waals surface area contributed by atoms with Crippen molar-refractivity contribution in [3.05, 3.63) is 35.7 Å². The SMILES string of the molecule is C=CC1=C(F)C(C)(F)C(O)C(F)=C1F. The van der Waals surface area contributed by atoms with E-state index in [1.807, 2.05) is 0 Å². The van der Waals surface area contributed by atoms with Crippen molar-refractivity contribution in [2.24, 2.45) is 0 Å². The Kier molecular flexibility index (Phi) is 2.54. The van der Waals surface area contributed by atoms with Crippen molar-refractivity contribution in [3.63, 3.8) is 0 Å². The second-order valence-electron chi connectivity index (χ2n) is 3.07. The maximum atomic E-state index is 13.3. The predicted molar refractivity (Wildman–Crippen MR) is 43.1 cm³/mol. The van der Waals surface area contributed by atoms with Crippen molar-refractivity contribution in [2.45, 2.75) is 18.7 Å². The Hall–Kier alpha value is -1.10. The molecular weight excluding hydrogens is 200 g/mol. The third-order valence-electron chi connectivity index (χ3n) is 2.07. The van der Waals surface area contributed by atoms with Crippen LogP contribution in [0.25, 0.3) is 0 Å². The first kappa shape index (κ1) is 11.0. The van der Waals surface area contributed by atoms with Gasteiger partial charge in [0, 0.05) is 5.57 Å². The van der Waals surface area contributed by atoms with E-state index in [0.717, 1.165) is 0 Å². The normalized spacial score (nSPS) is 33.7. The number of hydrogen-bond acceptors (Lipinski definition) is 1. The molecule has 0 bridgehead atoms. The maximum absolute atomic E-state index is 13.3. The number of hydrogen-bond donors (Lipinski definition) is 1. The highest BCUT2D eigenvalue weighted by Crippen LogP contribution is 2.42. The van der Waals surface area contributed by atoms with E-state index < -0.39 is 34.8 Å². The summed E-state index contributed by atoms with van der Waals surface area (Å²) in [6, 6.07) is 0. The Morgan fingerprint density at radius 3 is 2.36 bits per heavy atom.